The van der Waals surface area contributed by atoms with Crippen molar-refractivity contribution in [1.29, 1.82) is 0 Å². The summed E-state index contributed by atoms with van der Waals surface area (Å²) < 4.78 is 30.6. The molecule has 0 saturated carbocycles. The highest BCUT2D eigenvalue weighted by atomic mass is 32.2. The van der Waals surface area contributed by atoms with E-state index in [0.717, 1.165) is 42.3 Å². The molecule has 0 aliphatic carbocycles. The molecule has 0 spiro atoms. The highest BCUT2D eigenvalue weighted by Gasteiger charge is 2.51. The van der Waals surface area contributed by atoms with Crippen molar-refractivity contribution in [2.24, 2.45) is 0 Å². The molecule has 1 saturated heterocycles. The molecule has 1 N–H and O–H groups in total. The van der Waals surface area contributed by atoms with Crippen LogP contribution in [0, 0.1) is 6.92 Å². The van der Waals surface area contributed by atoms with Gasteiger partial charge in [0.15, 0.2) is 23.2 Å². The van der Waals surface area contributed by atoms with Gasteiger partial charge in [-0.25, -0.2) is 0 Å². The number of nitrogens with zero attached hydrogens (tertiary/aromatic N) is 3. The molecule has 2 heterocycles. The zero-order valence-electron chi connectivity index (χ0n) is 25.4. The molecule has 1 aliphatic rings. The second kappa shape index (κ2) is 16.3. The number of thioether (sulfide) groups is 1. The lowest BCUT2D eigenvalue weighted by atomic mass is 9.97. The van der Waals surface area contributed by atoms with Crippen LogP contribution in [0.4, 0.5) is 0 Å². The van der Waals surface area contributed by atoms with Crippen molar-refractivity contribution in [3.63, 3.8) is 0 Å². The first-order valence-electron chi connectivity index (χ1n) is 14.2. The molecule has 5 atom stereocenters. The summed E-state index contributed by atoms with van der Waals surface area (Å²) in [6.07, 6.45) is -0.486. The van der Waals surface area contributed by atoms with Crippen molar-refractivity contribution >= 4 is 35.6 Å². The van der Waals surface area contributed by atoms with Gasteiger partial charge in [0.25, 0.3) is 0 Å². The summed E-state index contributed by atoms with van der Waals surface area (Å²) in [6.45, 7) is 9.51. The molecule has 1 fully saturated rings. The molecule has 1 aromatic heterocycles. The number of hydrogen-bond donors (Lipinski definition) is 1. The minimum absolute atomic E-state index is 0.171. The quantitative estimate of drug-likeness (QED) is 0.187. The lowest BCUT2D eigenvalue weighted by Crippen LogP contribution is -2.65. The van der Waals surface area contributed by atoms with E-state index >= 15 is 0 Å². The highest BCUT2D eigenvalue weighted by Crippen LogP contribution is 2.36. The first kappa shape index (κ1) is 33.8. The van der Waals surface area contributed by atoms with Crippen LogP contribution >= 0.6 is 11.8 Å². The largest absolute Gasteiger partial charge is 0.485 e. The Bertz CT molecular complexity index is 1270. The lowest BCUT2D eigenvalue weighted by Gasteiger charge is -2.44. The van der Waals surface area contributed by atoms with Crippen LogP contribution < -0.4 is 10.1 Å². The van der Waals surface area contributed by atoms with E-state index in [2.05, 4.69) is 22.4 Å². The Hall–Kier alpha value is -3.65. The van der Waals surface area contributed by atoms with Gasteiger partial charge < -0.3 is 33.6 Å². The number of carbonyl (C=O) groups is 4. The predicted octanol–water partition coefficient (Wildman–Crippen LogP) is 3.10. The smallest absolute Gasteiger partial charge is 0.303 e. The Kier molecular flexibility index (Phi) is 12.8. The molecule has 0 radical (unpaired) electrons. The van der Waals surface area contributed by atoms with Crippen LogP contribution in [0.5, 0.6) is 5.75 Å². The normalized spacial score (nSPS) is 21.5. The monoisotopic (exact) mass is 620 g/mol. The minimum Gasteiger partial charge on any atom is -0.485 e. The molecular formula is C29H40N4O9S. The third-order valence-corrected chi connectivity index (χ3v) is 7.67. The molecule has 2 aromatic rings. The van der Waals surface area contributed by atoms with Crippen molar-refractivity contribution < 1.29 is 42.9 Å². The van der Waals surface area contributed by atoms with Gasteiger partial charge in [-0.15, -0.1) is 10.2 Å². The maximum Gasteiger partial charge on any atom is 0.303 e. The summed E-state index contributed by atoms with van der Waals surface area (Å²) in [6, 6.07) is 6.71. The van der Waals surface area contributed by atoms with E-state index in [4.69, 9.17) is 23.7 Å². The number of esters is 3. The topological polar surface area (TPSA) is 157 Å². The van der Waals surface area contributed by atoms with Gasteiger partial charge >= 0.3 is 17.9 Å². The average molecular weight is 621 g/mol. The molecular weight excluding hydrogens is 580 g/mol. The van der Waals surface area contributed by atoms with Crippen LogP contribution in [0.1, 0.15) is 65.3 Å². The lowest BCUT2D eigenvalue weighted by molar-refractivity contribution is -0.211. The molecule has 13 nitrogen and oxygen atoms in total. The molecule has 1 aromatic carbocycles. The van der Waals surface area contributed by atoms with Crippen molar-refractivity contribution in [1.82, 2.24) is 20.1 Å². The van der Waals surface area contributed by atoms with Crippen molar-refractivity contribution in [3.05, 3.63) is 35.7 Å². The summed E-state index contributed by atoms with van der Waals surface area (Å²) in [5.41, 5.74) is 0.0837. The van der Waals surface area contributed by atoms with Crippen molar-refractivity contribution in [2.45, 2.75) is 109 Å². The molecule has 0 unspecified atom stereocenters. The van der Waals surface area contributed by atoms with E-state index in [0.29, 0.717) is 17.5 Å². The summed E-state index contributed by atoms with van der Waals surface area (Å²) >= 11 is 1.16. The second-order valence-electron chi connectivity index (χ2n) is 10.1. The van der Waals surface area contributed by atoms with Gasteiger partial charge in [0.05, 0.1) is 0 Å². The van der Waals surface area contributed by atoms with Gasteiger partial charge in [-0.2, -0.15) is 0 Å². The molecule has 1 amide bonds. The molecule has 236 valence electrons. The third-order valence-electron chi connectivity index (χ3n) is 6.52. The Morgan fingerprint density at radius 1 is 0.977 bits per heavy atom. The molecule has 1 aliphatic heterocycles. The first-order valence-corrected chi connectivity index (χ1v) is 15.1. The van der Waals surface area contributed by atoms with Gasteiger partial charge in [-0.1, -0.05) is 49.7 Å². The van der Waals surface area contributed by atoms with E-state index in [1.807, 2.05) is 35.8 Å². The Balaban J connectivity index is 1.98. The third kappa shape index (κ3) is 9.95. The maximum absolute atomic E-state index is 12.3. The van der Waals surface area contributed by atoms with E-state index < -0.39 is 53.6 Å². The number of aromatic nitrogens is 3. The fourth-order valence-electron chi connectivity index (χ4n) is 4.61. The van der Waals surface area contributed by atoms with Gasteiger partial charge in [-0.05, 0) is 25.0 Å². The maximum atomic E-state index is 12.3. The zero-order chi connectivity index (χ0) is 31.5. The van der Waals surface area contributed by atoms with Gasteiger partial charge in [0.1, 0.15) is 36.5 Å². The van der Waals surface area contributed by atoms with E-state index in [1.165, 1.54) is 27.7 Å². The molecule has 43 heavy (non-hydrogen) atoms. The number of benzene rings is 1. The van der Waals surface area contributed by atoms with Crippen LogP contribution in [-0.4, -0.2) is 75.0 Å². The number of carbonyl (C=O) groups excluding carboxylic acids is 4. The molecule has 0 bridgehead atoms. The minimum atomic E-state index is -1.17. The SMILES string of the molecule is CCCCCn1c(COc2ccccc2C)nnc1S[C@@H]1O[C@H](COC(C)=O)[C@H](OC(C)=O)[C@@H](OC(C)=O)[C@H]1NC(C)=O. The van der Waals surface area contributed by atoms with Gasteiger partial charge in [-0.3, -0.25) is 19.2 Å². The molecule has 3 rings (SSSR count). The van der Waals surface area contributed by atoms with Crippen molar-refractivity contribution in [3.8, 4) is 5.75 Å². The zero-order valence-corrected chi connectivity index (χ0v) is 26.2. The van der Waals surface area contributed by atoms with Crippen LogP contribution in [0.3, 0.4) is 0 Å². The number of ether oxygens (including phenoxy) is 5. The summed E-state index contributed by atoms with van der Waals surface area (Å²) in [5, 5.41) is 12.1. The van der Waals surface area contributed by atoms with Crippen LogP contribution in [0.2, 0.25) is 0 Å². The number of hydrogen-bond acceptors (Lipinski definition) is 12. The highest BCUT2D eigenvalue weighted by molar-refractivity contribution is 7.99. The average Bonchev–Trinajstić information content (AvgIpc) is 3.30. The van der Waals surface area contributed by atoms with Crippen LogP contribution in [0.15, 0.2) is 29.4 Å². The fourth-order valence-corrected chi connectivity index (χ4v) is 5.80. The van der Waals surface area contributed by atoms with Crippen LogP contribution in [-0.2, 0) is 51.3 Å². The number of rotatable bonds is 14. The Labute approximate surface area is 255 Å². The van der Waals surface area contributed by atoms with Gasteiger partial charge in [0, 0.05) is 34.2 Å². The van der Waals surface area contributed by atoms with Crippen molar-refractivity contribution in [2.75, 3.05) is 6.61 Å². The number of nitrogens with one attached hydrogen (secondary N) is 1. The summed E-state index contributed by atoms with van der Waals surface area (Å²) in [5.74, 6) is -0.993. The number of amides is 1. The second-order valence-corrected chi connectivity index (χ2v) is 11.2. The number of para-hydroxylation sites is 1. The molecule has 14 heteroatoms. The summed E-state index contributed by atoms with van der Waals surface area (Å²) in [4.78, 5) is 48.2. The Morgan fingerprint density at radius 2 is 1.67 bits per heavy atom. The first-order chi connectivity index (χ1) is 20.5. The Morgan fingerprint density at radius 3 is 2.30 bits per heavy atom. The number of aryl methyl sites for hydroxylation is 1. The fraction of sp³-hybridized carbons (Fsp3) is 0.586. The van der Waals surface area contributed by atoms with E-state index in [-0.39, 0.29) is 13.2 Å². The van der Waals surface area contributed by atoms with Gasteiger partial charge in [0.2, 0.25) is 5.91 Å². The number of unbranched alkanes of at least 4 members (excludes halogenated alkanes) is 2. The predicted molar refractivity (Wildman–Crippen MR) is 155 cm³/mol. The standard InChI is InChI=1S/C29H40N4O9S/c1-7-8-11-14-33-24(16-39-22-13-10-9-12-17(22)2)31-32-29(33)43-28-25(30-18(3)34)27(41-21(6)37)26(40-20(5)36)23(42-28)15-38-19(4)35/h9-10,12-13,23,25-28H,7-8,11,14-16H2,1-6H3,(H,30,34)/t23-,25-,26+,27+,28+/m1/s1. The van der Waals surface area contributed by atoms with E-state index in [1.54, 1.807) is 0 Å². The summed E-state index contributed by atoms with van der Waals surface area (Å²) in [7, 11) is 0. The van der Waals surface area contributed by atoms with Crippen LogP contribution in [0.25, 0.3) is 0 Å². The van der Waals surface area contributed by atoms with E-state index in [9.17, 15) is 19.2 Å².